The Kier molecular flexibility index (Phi) is 5.66. The topological polar surface area (TPSA) is 41.1 Å². The second-order valence-electron chi connectivity index (χ2n) is 4.94. The van der Waals surface area contributed by atoms with Crippen LogP contribution < -0.4 is 10.6 Å². The lowest BCUT2D eigenvalue weighted by Gasteiger charge is -2.18. The number of carbonyl (C=O) groups excluding carboxylic acids is 1. The fourth-order valence-corrected chi connectivity index (χ4v) is 2.04. The van der Waals surface area contributed by atoms with Crippen LogP contribution in [0.4, 0.5) is 5.69 Å². The van der Waals surface area contributed by atoms with E-state index in [1.54, 1.807) is 0 Å². The molecule has 4 heteroatoms. The molecule has 0 spiro atoms. The van der Waals surface area contributed by atoms with Crippen LogP contribution in [0.25, 0.3) is 0 Å². The zero-order valence-electron chi connectivity index (χ0n) is 11.4. The highest BCUT2D eigenvalue weighted by Gasteiger charge is 2.10. The minimum Gasteiger partial charge on any atom is -0.375 e. The minimum atomic E-state index is 0.0173. The summed E-state index contributed by atoms with van der Waals surface area (Å²) in [6.07, 6.45) is 0. The Labute approximate surface area is 117 Å². The third-order valence-corrected chi connectivity index (χ3v) is 3.61. The van der Waals surface area contributed by atoms with Crippen LogP contribution in [0.1, 0.15) is 26.3 Å². The predicted octanol–water partition coefficient (Wildman–Crippen LogP) is 3.33. The average Bonchev–Trinajstić information content (AvgIpc) is 2.27. The van der Waals surface area contributed by atoms with Gasteiger partial charge in [-0.1, -0.05) is 19.9 Å². The van der Waals surface area contributed by atoms with E-state index in [4.69, 9.17) is 0 Å². The molecule has 2 N–H and O–H groups in total. The fourth-order valence-electron chi connectivity index (χ4n) is 1.41. The Balaban J connectivity index is 2.47. The van der Waals surface area contributed by atoms with Gasteiger partial charge in [-0.25, -0.2) is 0 Å². The maximum Gasteiger partial charge on any atom is 0.239 e. The third-order valence-electron chi connectivity index (χ3n) is 2.95. The van der Waals surface area contributed by atoms with E-state index in [9.17, 15) is 4.79 Å². The number of carbonyl (C=O) groups is 1. The first-order chi connectivity index (χ1) is 8.40. The number of halogens is 1. The first-order valence-electron chi connectivity index (χ1n) is 6.19. The molecule has 18 heavy (non-hydrogen) atoms. The van der Waals surface area contributed by atoms with Gasteiger partial charge in [0.05, 0.1) is 6.54 Å². The van der Waals surface area contributed by atoms with Gasteiger partial charge >= 0.3 is 0 Å². The molecule has 1 aromatic rings. The molecule has 0 aromatic heterocycles. The normalized spacial score (nSPS) is 12.3. The quantitative estimate of drug-likeness (QED) is 0.875. The Morgan fingerprint density at radius 2 is 2.00 bits per heavy atom. The van der Waals surface area contributed by atoms with E-state index in [2.05, 4.69) is 40.4 Å². The van der Waals surface area contributed by atoms with Crippen molar-refractivity contribution in [2.45, 2.75) is 33.7 Å². The van der Waals surface area contributed by atoms with E-state index < -0.39 is 0 Å². The van der Waals surface area contributed by atoms with Crippen LogP contribution in [0.5, 0.6) is 0 Å². The van der Waals surface area contributed by atoms with Crippen LogP contribution in [0, 0.1) is 12.8 Å². The lowest BCUT2D eigenvalue weighted by Crippen LogP contribution is -2.39. The molecule has 0 saturated heterocycles. The van der Waals surface area contributed by atoms with Gasteiger partial charge in [0.1, 0.15) is 0 Å². The molecule has 0 bridgehead atoms. The van der Waals surface area contributed by atoms with Crippen molar-refractivity contribution in [1.29, 1.82) is 0 Å². The highest BCUT2D eigenvalue weighted by atomic mass is 79.9. The average molecular weight is 313 g/mol. The van der Waals surface area contributed by atoms with Gasteiger partial charge in [0, 0.05) is 16.2 Å². The molecule has 1 amide bonds. The van der Waals surface area contributed by atoms with Crippen molar-refractivity contribution in [3.63, 3.8) is 0 Å². The summed E-state index contributed by atoms with van der Waals surface area (Å²) in [5.74, 6) is 0.462. The van der Waals surface area contributed by atoms with Crippen molar-refractivity contribution in [2.75, 3.05) is 11.9 Å². The number of benzene rings is 1. The lowest BCUT2D eigenvalue weighted by molar-refractivity contribution is -0.120. The second-order valence-corrected chi connectivity index (χ2v) is 5.79. The third kappa shape index (κ3) is 4.69. The predicted molar refractivity (Wildman–Crippen MR) is 79.8 cm³/mol. The summed E-state index contributed by atoms with van der Waals surface area (Å²) < 4.78 is 0.979. The fraction of sp³-hybridized carbons (Fsp3) is 0.500. The molecule has 0 fully saturated rings. The van der Waals surface area contributed by atoms with Gasteiger partial charge in [0.2, 0.25) is 5.91 Å². The molecule has 1 aromatic carbocycles. The Morgan fingerprint density at radius 1 is 1.33 bits per heavy atom. The Bertz CT molecular complexity index is 418. The molecule has 0 aliphatic heterocycles. The lowest BCUT2D eigenvalue weighted by atomic mass is 10.1. The highest BCUT2D eigenvalue weighted by Crippen LogP contribution is 2.22. The van der Waals surface area contributed by atoms with E-state index >= 15 is 0 Å². The van der Waals surface area contributed by atoms with E-state index in [0.29, 0.717) is 12.5 Å². The number of rotatable bonds is 5. The molecule has 1 unspecified atom stereocenters. The smallest absolute Gasteiger partial charge is 0.239 e. The molecular weight excluding hydrogens is 292 g/mol. The number of anilines is 1. The van der Waals surface area contributed by atoms with Crippen LogP contribution in [-0.4, -0.2) is 18.5 Å². The number of hydrogen-bond acceptors (Lipinski definition) is 2. The van der Waals surface area contributed by atoms with Crippen molar-refractivity contribution in [1.82, 2.24) is 5.32 Å². The molecule has 3 nitrogen and oxygen atoms in total. The summed E-state index contributed by atoms with van der Waals surface area (Å²) in [4.78, 5) is 11.7. The van der Waals surface area contributed by atoms with Crippen LogP contribution in [-0.2, 0) is 4.79 Å². The zero-order valence-corrected chi connectivity index (χ0v) is 13.0. The van der Waals surface area contributed by atoms with Crippen LogP contribution in [0.15, 0.2) is 22.7 Å². The second kappa shape index (κ2) is 6.78. The zero-order chi connectivity index (χ0) is 13.7. The summed E-state index contributed by atoms with van der Waals surface area (Å²) >= 11 is 3.48. The molecule has 100 valence electrons. The van der Waals surface area contributed by atoms with Gasteiger partial charge in [-0.2, -0.15) is 0 Å². The van der Waals surface area contributed by atoms with Gasteiger partial charge in [-0.15, -0.1) is 0 Å². The minimum absolute atomic E-state index is 0.0173. The molecule has 0 radical (unpaired) electrons. The number of hydrogen-bond donors (Lipinski definition) is 2. The van der Waals surface area contributed by atoms with Crippen LogP contribution >= 0.6 is 15.9 Å². The van der Waals surface area contributed by atoms with Crippen molar-refractivity contribution in [3.8, 4) is 0 Å². The molecule has 1 atom stereocenters. The number of aryl methyl sites for hydroxylation is 1. The molecule has 0 aliphatic carbocycles. The Morgan fingerprint density at radius 3 is 2.56 bits per heavy atom. The van der Waals surface area contributed by atoms with Crippen molar-refractivity contribution < 1.29 is 4.79 Å². The summed E-state index contributed by atoms with van der Waals surface area (Å²) in [6, 6.07) is 6.21. The summed E-state index contributed by atoms with van der Waals surface area (Å²) in [5.41, 5.74) is 2.12. The molecular formula is C14H21BrN2O. The first-order valence-corrected chi connectivity index (χ1v) is 6.99. The van der Waals surface area contributed by atoms with Gasteiger partial charge in [0.15, 0.2) is 0 Å². The SMILES string of the molecule is Cc1ccc(NCC(=O)NC(C)C(C)C)c(Br)c1. The van der Waals surface area contributed by atoms with E-state index in [0.717, 1.165) is 10.2 Å². The summed E-state index contributed by atoms with van der Waals surface area (Å²) in [6.45, 7) is 8.53. The standard InChI is InChI=1S/C14H21BrN2O/c1-9(2)11(4)17-14(18)8-16-13-6-5-10(3)7-12(13)15/h5-7,9,11,16H,8H2,1-4H3,(H,17,18). The summed E-state index contributed by atoms with van der Waals surface area (Å²) in [5, 5.41) is 6.09. The molecule has 0 aliphatic rings. The van der Waals surface area contributed by atoms with Gasteiger partial charge in [-0.3, -0.25) is 4.79 Å². The summed E-state index contributed by atoms with van der Waals surface area (Å²) in [7, 11) is 0. The maximum atomic E-state index is 11.7. The number of nitrogens with one attached hydrogen (secondary N) is 2. The number of amides is 1. The van der Waals surface area contributed by atoms with E-state index in [-0.39, 0.29) is 11.9 Å². The molecule has 1 rings (SSSR count). The largest absolute Gasteiger partial charge is 0.375 e. The van der Waals surface area contributed by atoms with Gasteiger partial charge in [-0.05, 0) is 53.4 Å². The van der Waals surface area contributed by atoms with Crippen molar-refractivity contribution in [3.05, 3.63) is 28.2 Å². The maximum absolute atomic E-state index is 11.7. The van der Waals surface area contributed by atoms with E-state index in [1.807, 2.05) is 32.0 Å². The first kappa shape index (κ1) is 15.0. The van der Waals surface area contributed by atoms with Crippen LogP contribution in [0.3, 0.4) is 0 Å². The monoisotopic (exact) mass is 312 g/mol. The van der Waals surface area contributed by atoms with E-state index in [1.165, 1.54) is 5.56 Å². The van der Waals surface area contributed by atoms with Crippen molar-refractivity contribution in [2.24, 2.45) is 5.92 Å². The molecule has 0 heterocycles. The Hall–Kier alpha value is -1.03. The van der Waals surface area contributed by atoms with Crippen molar-refractivity contribution >= 4 is 27.5 Å². The highest BCUT2D eigenvalue weighted by molar-refractivity contribution is 9.10. The molecule has 0 saturated carbocycles. The van der Waals surface area contributed by atoms with Gasteiger partial charge < -0.3 is 10.6 Å². The van der Waals surface area contributed by atoms with Crippen LogP contribution in [0.2, 0.25) is 0 Å². The van der Waals surface area contributed by atoms with Gasteiger partial charge in [0.25, 0.3) is 0 Å².